The maximum Gasteiger partial charge on any atom is 0.120 e. The highest BCUT2D eigenvalue weighted by molar-refractivity contribution is 5.29. The zero-order valence-corrected chi connectivity index (χ0v) is 38.2. The molecule has 2 heterocycles. The molecule has 4 nitrogen and oxygen atoms in total. The number of nitrogens with one attached hydrogen (secondary N) is 1. The molecule has 2 aliphatic rings. The van der Waals surface area contributed by atoms with Crippen LogP contribution in [0.5, 0.6) is 5.75 Å². The first-order valence-electron chi connectivity index (χ1n) is 20.9. The number of para-hydroxylation sites is 1. The zero-order chi connectivity index (χ0) is 41.1. The number of piperidine rings is 1. The number of fused-ring (bicyclic) bond motifs is 1. The number of aryl methyl sites for hydroxylation is 1. The van der Waals surface area contributed by atoms with E-state index in [-0.39, 0.29) is 5.60 Å². The molecule has 2 aliphatic heterocycles. The maximum absolute atomic E-state index is 5.60. The minimum atomic E-state index is -0.0959. The van der Waals surface area contributed by atoms with Crippen LogP contribution in [0.4, 0.5) is 0 Å². The van der Waals surface area contributed by atoms with Crippen LogP contribution < -0.4 is 10.1 Å². The smallest absolute Gasteiger partial charge is 0.120 e. The van der Waals surface area contributed by atoms with Gasteiger partial charge in [-0.25, -0.2) is 0 Å². The normalized spacial score (nSPS) is 15.3. The van der Waals surface area contributed by atoms with Crippen LogP contribution >= 0.6 is 0 Å². The van der Waals surface area contributed by atoms with E-state index in [0.717, 1.165) is 18.8 Å². The van der Waals surface area contributed by atoms with Crippen LogP contribution in [-0.4, -0.2) is 59.7 Å². The average molecular weight is 744 g/mol. The molecule has 0 unspecified atom stereocenters. The third-order valence-corrected chi connectivity index (χ3v) is 9.26. The van der Waals surface area contributed by atoms with Crippen LogP contribution in [0.25, 0.3) is 0 Å². The van der Waals surface area contributed by atoms with Gasteiger partial charge in [-0.05, 0) is 161 Å². The summed E-state index contributed by atoms with van der Waals surface area (Å²) in [5.74, 6) is 0.931. The fourth-order valence-corrected chi connectivity index (χ4v) is 6.17. The molecule has 0 amide bonds. The number of nitrogens with zero attached hydrogens (tertiary/aromatic N) is 2. The highest BCUT2D eigenvalue weighted by atomic mass is 16.5. The third kappa shape index (κ3) is 24.7. The number of benzene rings is 3. The predicted octanol–water partition coefficient (Wildman–Crippen LogP) is 12.9. The summed E-state index contributed by atoms with van der Waals surface area (Å²) in [6.45, 7) is 39.4. The Bertz CT molecular complexity index is 1360. The second kappa shape index (κ2) is 23.4. The van der Waals surface area contributed by atoms with Crippen molar-refractivity contribution in [3.8, 4) is 5.75 Å². The van der Waals surface area contributed by atoms with Gasteiger partial charge < -0.3 is 10.1 Å². The van der Waals surface area contributed by atoms with Crippen molar-refractivity contribution in [2.24, 2.45) is 10.8 Å². The average Bonchev–Trinajstić information content (AvgIpc) is 3.07. The second-order valence-corrected chi connectivity index (χ2v) is 20.5. The first-order valence-corrected chi connectivity index (χ1v) is 20.9. The van der Waals surface area contributed by atoms with Gasteiger partial charge in [0, 0.05) is 24.2 Å². The maximum atomic E-state index is 5.60. The Morgan fingerprint density at radius 2 is 1.02 bits per heavy atom. The molecular weight excluding hydrogens is 659 g/mol. The SMILES string of the molecule is CC(C)(C)CCc1ccccc1.CC(C)(C)N1CCCCC1.CC(C)(C)N1CCc2ccccc2C1.CC(C)(C)Oc1ccccc1.CNCC(C)(C)C. The van der Waals surface area contributed by atoms with Crippen LogP contribution in [0.3, 0.4) is 0 Å². The Kier molecular flexibility index (Phi) is 21.4. The fourth-order valence-electron chi connectivity index (χ4n) is 6.17. The van der Waals surface area contributed by atoms with Gasteiger partial charge in [-0.3, -0.25) is 9.80 Å². The standard InChI is InChI=1S/C13H19N.C12H18.C10H14O.C9H19N.C6H15N/c1-13(2,3)14-9-8-11-6-4-5-7-12(11)10-14;1-12(2,3)10-9-11-7-5-4-6-8-11;1-10(2,3)11-9-7-5-4-6-8-9;1-9(2,3)10-7-5-4-6-8-10;1-6(2,3)5-7-4/h4-7H,8-10H2,1-3H3;4-8H,9-10H2,1-3H3;4-8H,1-3H3;4-8H2,1-3H3;7H,5H2,1-4H3. The lowest BCUT2D eigenvalue weighted by molar-refractivity contribution is 0.111. The number of hydrogen-bond donors (Lipinski definition) is 1. The Balaban J connectivity index is 0.000000343. The first kappa shape index (κ1) is 49.4. The van der Waals surface area contributed by atoms with Gasteiger partial charge in [-0.1, -0.05) is 121 Å². The highest BCUT2D eigenvalue weighted by Gasteiger charge is 2.25. The van der Waals surface area contributed by atoms with Crippen molar-refractivity contribution in [3.63, 3.8) is 0 Å². The van der Waals surface area contributed by atoms with Crippen LogP contribution in [0, 0.1) is 10.8 Å². The summed E-state index contributed by atoms with van der Waals surface area (Å²) >= 11 is 0. The molecule has 0 bridgehead atoms. The molecule has 54 heavy (non-hydrogen) atoms. The van der Waals surface area contributed by atoms with Gasteiger partial charge in [0.2, 0.25) is 0 Å². The van der Waals surface area contributed by atoms with Crippen molar-refractivity contribution >= 4 is 0 Å². The minimum Gasteiger partial charge on any atom is -0.488 e. The quantitative estimate of drug-likeness (QED) is 0.288. The van der Waals surface area contributed by atoms with Crippen molar-refractivity contribution < 1.29 is 4.74 Å². The molecule has 0 atom stereocenters. The minimum absolute atomic E-state index is 0.0959. The van der Waals surface area contributed by atoms with Crippen molar-refractivity contribution in [1.82, 2.24) is 15.1 Å². The monoisotopic (exact) mass is 744 g/mol. The molecule has 0 saturated carbocycles. The van der Waals surface area contributed by atoms with Gasteiger partial charge >= 0.3 is 0 Å². The number of ether oxygens (including phenoxy) is 1. The summed E-state index contributed by atoms with van der Waals surface area (Å²) in [5.41, 5.74) is 5.99. The number of likely N-dealkylation sites (tertiary alicyclic amines) is 1. The van der Waals surface area contributed by atoms with E-state index in [0.29, 0.717) is 21.9 Å². The molecular formula is C50H85N3O. The van der Waals surface area contributed by atoms with Crippen LogP contribution in [0.1, 0.15) is 146 Å². The zero-order valence-electron chi connectivity index (χ0n) is 38.2. The van der Waals surface area contributed by atoms with Crippen LogP contribution in [0.2, 0.25) is 0 Å². The summed E-state index contributed by atoms with van der Waals surface area (Å²) in [7, 11) is 1.98. The molecule has 0 aliphatic carbocycles. The molecule has 1 fully saturated rings. The first-order chi connectivity index (χ1) is 24.9. The van der Waals surface area contributed by atoms with E-state index in [2.05, 4.69) is 153 Å². The molecule has 4 heteroatoms. The lowest BCUT2D eigenvalue weighted by atomic mass is 9.89. The van der Waals surface area contributed by atoms with Gasteiger partial charge in [-0.15, -0.1) is 0 Å². The summed E-state index contributed by atoms with van der Waals surface area (Å²) in [4.78, 5) is 5.13. The summed E-state index contributed by atoms with van der Waals surface area (Å²) in [5, 5.41) is 3.11. The molecule has 0 aromatic heterocycles. The van der Waals surface area contributed by atoms with Crippen molar-refractivity contribution in [2.45, 2.75) is 166 Å². The van der Waals surface area contributed by atoms with E-state index >= 15 is 0 Å². The highest BCUT2D eigenvalue weighted by Crippen LogP contribution is 2.25. The van der Waals surface area contributed by atoms with Crippen molar-refractivity contribution in [3.05, 3.63) is 102 Å². The summed E-state index contributed by atoms with van der Waals surface area (Å²) in [6, 6.07) is 29.3. The number of hydrogen-bond acceptors (Lipinski definition) is 4. The molecule has 0 radical (unpaired) electrons. The van der Waals surface area contributed by atoms with E-state index < -0.39 is 0 Å². The third-order valence-electron chi connectivity index (χ3n) is 9.26. The van der Waals surface area contributed by atoms with Crippen molar-refractivity contribution in [2.75, 3.05) is 33.2 Å². The second-order valence-electron chi connectivity index (χ2n) is 20.5. The predicted molar refractivity (Wildman–Crippen MR) is 240 cm³/mol. The molecule has 1 saturated heterocycles. The van der Waals surface area contributed by atoms with E-state index in [4.69, 9.17) is 4.74 Å². The van der Waals surface area contributed by atoms with Crippen molar-refractivity contribution in [1.29, 1.82) is 0 Å². The largest absolute Gasteiger partial charge is 0.488 e. The fraction of sp³-hybridized carbons (Fsp3) is 0.640. The molecule has 3 aromatic rings. The van der Waals surface area contributed by atoms with Gasteiger partial charge in [0.1, 0.15) is 11.4 Å². The van der Waals surface area contributed by atoms with E-state index in [9.17, 15) is 0 Å². The van der Waals surface area contributed by atoms with Gasteiger partial charge in [0.25, 0.3) is 0 Å². The Morgan fingerprint density at radius 1 is 0.537 bits per heavy atom. The molecule has 306 valence electrons. The Labute approximate surface area is 335 Å². The van der Waals surface area contributed by atoms with E-state index in [1.54, 1.807) is 0 Å². The Morgan fingerprint density at radius 3 is 1.43 bits per heavy atom. The lowest BCUT2D eigenvalue weighted by Gasteiger charge is -2.39. The molecule has 0 spiro atoms. The summed E-state index contributed by atoms with van der Waals surface area (Å²) < 4.78 is 5.60. The van der Waals surface area contributed by atoms with Gasteiger partial charge in [-0.2, -0.15) is 0 Å². The van der Waals surface area contributed by atoms with E-state index in [1.807, 2.05) is 58.2 Å². The number of rotatable bonds is 4. The lowest BCUT2D eigenvalue weighted by Crippen LogP contribution is -2.44. The topological polar surface area (TPSA) is 27.7 Å². The van der Waals surface area contributed by atoms with Gasteiger partial charge in [0.05, 0.1) is 0 Å². The molecule has 1 N–H and O–H groups in total. The molecule has 3 aromatic carbocycles. The van der Waals surface area contributed by atoms with E-state index in [1.165, 1.54) is 74.8 Å². The molecule has 5 rings (SSSR count). The van der Waals surface area contributed by atoms with Gasteiger partial charge in [0.15, 0.2) is 0 Å². The van der Waals surface area contributed by atoms with Crippen LogP contribution in [0.15, 0.2) is 84.9 Å². The van der Waals surface area contributed by atoms with Crippen LogP contribution in [-0.2, 0) is 19.4 Å². The Hall–Kier alpha value is -2.66. The summed E-state index contributed by atoms with van der Waals surface area (Å²) in [6.07, 6.45) is 7.90.